The van der Waals surface area contributed by atoms with Crippen molar-refractivity contribution in [2.45, 2.75) is 37.7 Å². The second-order valence-corrected chi connectivity index (χ2v) is 8.68. The second-order valence-electron chi connectivity index (χ2n) is 8.32. The molecular formula is C22H20ClN3O2. The molecule has 1 N–H and O–H groups in total. The minimum absolute atomic E-state index is 0.166. The van der Waals surface area contributed by atoms with Crippen molar-refractivity contribution in [3.63, 3.8) is 0 Å². The molecule has 1 spiro atoms. The van der Waals surface area contributed by atoms with Gasteiger partial charge in [-0.1, -0.05) is 17.7 Å². The quantitative estimate of drug-likeness (QED) is 0.663. The molecule has 3 aromatic rings. The summed E-state index contributed by atoms with van der Waals surface area (Å²) in [7, 11) is 1.82. The number of fused-ring (bicyclic) bond motifs is 4. The number of carbonyl (C=O) groups is 1. The van der Waals surface area contributed by atoms with Gasteiger partial charge in [-0.3, -0.25) is 9.78 Å². The Hall–Kier alpha value is -2.50. The molecule has 2 aliphatic rings. The van der Waals surface area contributed by atoms with E-state index in [9.17, 15) is 9.90 Å². The van der Waals surface area contributed by atoms with Crippen LogP contribution in [0.1, 0.15) is 37.8 Å². The molecule has 1 aromatic carbocycles. The van der Waals surface area contributed by atoms with Crippen LogP contribution < -0.4 is 4.90 Å². The number of hydrogen-bond donors (Lipinski definition) is 1. The van der Waals surface area contributed by atoms with Crippen molar-refractivity contribution in [1.82, 2.24) is 9.97 Å². The monoisotopic (exact) mass is 393 g/mol. The van der Waals surface area contributed by atoms with Crippen LogP contribution in [-0.2, 0) is 15.8 Å². The Labute approximate surface area is 168 Å². The van der Waals surface area contributed by atoms with E-state index in [2.05, 4.69) is 16.0 Å². The number of likely N-dealkylation sites (N-methyl/N-ethyl adjacent to an activating group) is 1. The van der Waals surface area contributed by atoms with Gasteiger partial charge in [0.2, 0.25) is 5.91 Å². The zero-order chi connectivity index (χ0) is 19.8. The number of hydrogen-bond acceptors (Lipinski definition) is 4. The lowest BCUT2D eigenvalue weighted by Crippen LogP contribution is -2.28. The molecule has 28 heavy (non-hydrogen) atoms. The van der Waals surface area contributed by atoms with Gasteiger partial charge < -0.3 is 10.0 Å². The largest absolute Gasteiger partial charge is 0.386 e. The lowest BCUT2D eigenvalue weighted by atomic mass is 9.91. The smallest absolute Gasteiger partial charge is 0.237 e. The van der Waals surface area contributed by atoms with Crippen LogP contribution in [0.15, 0.2) is 36.7 Å². The van der Waals surface area contributed by atoms with Crippen molar-refractivity contribution in [3.8, 4) is 11.1 Å². The van der Waals surface area contributed by atoms with Gasteiger partial charge in [0.15, 0.2) is 0 Å². The highest BCUT2D eigenvalue weighted by atomic mass is 35.5. The first-order valence-corrected chi connectivity index (χ1v) is 9.70. The van der Waals surface area contributed by atoms with E-state index in [0.717, 1.165) is 46.1 Å². The molecule has 3 heterocycles. The lowest BCUT2D eigenvalue weighted by Gasteiger charge is -2.19. The van der Waals surface area contributed by atoms with E-state index in [0.29, 0.717) is 10.7 Å². The predicted octanol–water partition coefficient (Wildman–Crippen LogP) is 4.19. The Morgan fingerprint density at radius 1 is 1.14 bits per heavy atom. The van der Waals surface area contributed by atoms with Crippen LogP contribution in [0.5, 0.6) is 0 Å². The van der Waals surface area contributed by atoms with Crippen molar-refractivity contribution in [2.75, 3.05) is 11.9 Å². The fourth-order valence-corrected chi connectivity index (χ4v) is 4.61. The van der Waals surface area contributed by atoms with E-state index >= 15 is 0 Å². The summed E-state index contributed by atoms with van der Waals surface area (Å²) in [5, 5.41) is 11.7. The molecule has 0 saturated heterocycles. The molecule has 0 bridgehead atoms. The molecule has 1 amide bonds. The molecule has 5 rings (SSSR count). The molecule has 0 atom stereocenters. The van der Waals surface area contributed by atoms with Crippen LogP contribution >= 0.6 is 11.6 Å². The standard InChI is InChI=1S/C22H20ClN3O2/c1-21(2,28)15-9-13(10-25-19(15)23)12-4-5-16-14(8-12)18-17(11-24-16)26(3)20(27)22(18)6-7-22/h4-5,8-11,28H,6-7H2,1-3H3. The molecule has 1 fully saturated rings. The SMILES string of the molecule is CN1C(=O)C2(CC2)c2c1cnc1ccc(-c3cnc(Cl)c(C(C)(C)O)c3)cc21. The van der Waals surface area contributed by atoms with Gasteiger partial charge in [-0.2, -0.15) is 0 Å². The number of halogens is 1. The van der Waals surface area contributed by atoms with E-state index in [-0.39, 0.29) is 11.3 Å². The number of aliphatic hydroxyl groups is 1. The Balaban J connectivity index is 1.73. The molecule has 0 radical (unpaired) electrons. The number of rotatable bonds is 2. The fraction of sp³-hybridized carbons (Fsp3) is 0.318. The van der Waals surface area contributed by atoms with Gasteiger partial charge in [0.05, 0.1) is 28.4 Å². The Morgan fingerprint density at radius 2 is 1.89 bits per heavy atom. The normalized spacial score (nSPS) is 17.5. The number of benzene rings is 1. The summed E-state index contributed by atoms with van der Waals surface area (Å²) in [6, 6.07) is 7.91. The van der Waals surface area contributed by atoms with Gasteiger partial charge in [-0.25, -0.2) is 4.98 Å². The van der Waals surface area contributed by atoms with Crippen molar-refractivity contribution in [2.24, 2.45) is 0 Å². The van der Waals surface area contributed by atoms with Crippen molar-refractivity contribution < 1.29 is 9.90 Å². The van der Waals surface area contributed by atoms with Crippen molar-refractivity contribution in [3.05, 3.63) is 52.9 Å². The summed E-state index contributed by atoms with van der Waals surface area (Å²) in [6.07, 6.45) is 5.29. The highest BCUT2D eigenvalue weighted by molar-refractivity contribution is 6.30. The maximum Gasteiger partial charge on any atom is 0.237 e. The molecule has 1 aliphatic carbocycles. The van der Waals surface area contributed by atoms with E-state index < -0.39 is 5.60 Å². The lowest BCUT2D eigenvalue weighted by molar-refractivity contribution is -0.119. The molecule has 2 aromatic heterocycles. The van der Waals surface area contributed by atoms with Crippen LogP contribution in [0.25, 0.3) is 22.0 Å². The number of nitrogens with zero attached hydrogens (tertiary/aromatic N) is 3. The van der Waals surface area contributed by atoms with E-state index in [1.165, 1.54) is 0 Å². The van der Waals surface area contributed by atoms with Crippen molar-refractivity contribution >= 4 is 34.1 Å². The second kappa shape index (κ2) is 5.52. The summed E-state index contributed by atoms with van der Waals surface area (Å²) in [4.78, 5) is 23.4. The zero-order valence-corrected chi connectivity index (χ0v) is 16.7. The van der Waals surface area contributed by atoms with Gasteiger partial charge in [0, 0.05) is 35.3 Å². The summed E-state index contributed by atoms with van der Waals surface area (Å²) >= 11 is 6.19. The Bertz CT molecular complexity index is 1160. The van der Waals surface area contributed by atoms with Gasteiger partial charge in [0.25, 0.3) is 0 Å². The number of aromatic nitrogens is 2. The van der Waals surface area contributed by atoms with Crippen LogP contribution in [0.2, 0.25) is 5.15 Å². The average molecular weight is 394 g/mol. The van der Waals surface area contributed by atoms with Gasteiger partial charge in [-0.05, 0) is 50.5 Å². The number of pyridine rings is 2. The first kappa shape index (κ1) is 17.6. The van der Waals surface area contributed by atoms with Crippen LogP contribution in [0.4, 0.5) is 5.69 Å². The minimum Gasteiger partial charge on any atom is -0.386 e. The molecule has 0 unspecified atom stereocenters. The summed E-state index contributed by atoms with van der Waals surface area (Å²) in [5.74, 6) is 0.166. The minimum atomic E-state index is -1.09. The van der Waals surface area contributed by atoms with E-state index in [1.54, 1.807) is 31.1 Å². The van der Waals surface area contributed by atoms with E-state index in [1.807, 2.05) is 25.2 Å². The number of anilines is 1. The highest BCUT2D eigenvalue weighted by Gasteiger charge is 2.59. The molecule has 1 saturated carbocycles. The first-order valence-electron chi connectivity index (χ1n) is 9.32. The molecule has 6 heteroatoms. The highest BCUT2D eigenvalue weighted by Crippen LogP contribution is 2.58. The maximum absolute atomic E-state index is 12.8. The summed E-state index contributed by atoms with van der Waals surface area (Å²) in [5.41, 5.74) is 3.81. The summed E-state index contributed by atoms with van der Waals surface area (Å²) < 4.78 is 0. The third-order valence-electron chi connectivity index (χ3n) is 5.98. The Morgan fingerprint density at radius 3 is 2.57 bits per heavy atom. The third-order valence-corrected chi connectivity index (χ3v) is 6.28. The van der Waals surface area contributed by atoms with Gasteiger partial charge in [-0.15, -0.1) is 0 Å². The van der Waals surface area contributed by atoms with Crippen molar-refractivity contribution in [1.29, 1.82) is 0 Å². The fourth-order valence-electron chi connectivity index (χ4n) is 4.28. The maximum atomic E-state index is 12.8. The van der Waals surface area contributed by atoms with Crippen LogP contribution in [0, 0.1) is 0 Å². The van der Waals surface area contributed by atoms with Crippen LogP contribution in [0.3, 0.4) is 0 Å². The zero-order valence-electron chi connectivity index (χ0n) is 16.0. The molecule has 5 nitrogen and oxygen atoms in total. The van der Waals surface area contributed by atoms with Gasteiger partial charge >= 0.3 is 0 Å². The Kier molecular flexibility index (Phi) is 3.47. The third kappa shape index (κ3) is 2.33. The average Bonchev–Trinajstić information content (AvgIpc) is 3.43. The predicted molar refractivity (Wildman–Crippen MR) is 110 cm³/mol. The van der Waals surface area contributed by atoms with Gasteiger partial charge in [0.1, 0.15) is 5.15 Å². The molecule has 142 valence electrons. The van der Waals surface area contributed by atoms with E-state index in [4.69, 9.17) is 11.6 Å². The number of amides is 1. The molecule has 1 aliphatic heterocycles. The van der Waals surface area contributed by atoms with Crippen LogP contribution in [-0.4, -0.2) is 28.0 Å². The number of carbonyl (C=O) groups excluding carboxylic acids is 1. The topological polar surface area (TPSA) is 66.3 Å². The molecular weight excluding hydrogens is 374 g/mol. The summed E-state index contributed by atoms with van der Waals surface area (Å²) in [6.45, 7) is 3.38. The first-order chi connectivity index (χ1) is 13.2.